The molecule has 2 nitrogen and oxygen atoms in total. The Balaban J connectivity index is 2.23. The Bertz CT molecular complexity index is 568. The summed E-state index contributed by atoms with van der Waals surface area (Å²) < 4.78 is 26.7. The second kappa shape index (κ2) is 5.12. The van der Waals surface area contributed by atoms with E-state index in [1.54, 1.807) is 0 Å². The summed E-state index contributed by atoms with van der Waals surface area (Å²) in [5, 5.41) is 12.7. The van der Waals surface area contributed by atoms with E-state index < -0.39 is 17.7 Å². The lowest BCUT2D eigenvalue weighted by atomic mass is 10.0. The lowest BCUT2D eigenvalue weighted by molar-refractivity contribution is 0.172. The Labute approximate surface area is 108 Å². The van der Waals surface area contributed by atoms with E-state index in [1.165, 1.54) is 24.3 Å². The summed E-state index contributed by atoms with van der Waals surface area (Å²) in [4.78, 5) is 4.21. The largest absolute Gasteiger partial charge is 0.388 e. The number of aliphatic hydroxyl groups excluding tert-OH is 1. The van der Waals surface area contributed by atoms with E-state index in [0.29, 0.717) is 11.3 Å². The van der Waals surface area contributed by atoms with Gasteiger partial charge in [-0.25, -0.2) is 13.8 Å². The molecule has 2 rings (SSSR count). The van der Waals surface area contributed by atoms with Crippen LogP contribution in [0.25, 0.3) is 0 Å². The highest BCUT2D eigenvalue weighted by Crippen LogP contribution is 2.24. The number of thiazole rings is 1. The summed E-state index contributed by atoms with van der Waals surface area (Å²) in [5.74, 6) is -1.33. The van der Waals surface area contributed by atoms with Gasteiger partial charge < -0.3 is 5.11 Å². The lowest BCUT2D eigenvalue weighted by Gasteiger charge is -2.12. The molecule has 0 aliphatic heterocycles. The van der Waals surface area contributed by atoms with E-state index in [0.717, 1.165) is 11.1 Å². The van der Waals surface area contributed by atoms with Gasteiger partial charge in [0.25, 0.3) is 0 Å². The van der Waals surface area contributed by atoms with Gasteiger partial charge in [0.05, 0.1) is 16.8 Å². The van der Waals surface area contributed by atoms with Gasteiger partial charge in [0.2, 0.25) is 0 Å². The molecule has 0 saturated carbocycles. The highest BCUT2D eigenvalue weighted by Gasteiger charge is 2.16. The molecule has 1 heterocycles. The number of aryl methyl sites for hydroxylation is 2. The molecule has 96 valence electrons. The van der Waals surface area contributed by atoms with Crippen LogP contribution in [0.15, 0.2) is 17.5 Å². The lowest BCUT2D eigenvalue weighted by Crippen LogP contribution is -2.06. The fourth-order valence-electron chi connectivity index (χ4n) is 1.74. The molecule has 2 aromatic rings. The van der Waals surface area contributed by atoms with Crippen molar-refractivity contribution in [1.82, 2.24) is 4.98 Å². The predicted molar refractivity (Wildman–Crippen MR) is 66.6 cm³/mol. The van der Waals surface area contributed by atoms with Crippen LogP contribution in [0.1, 0.15) is 27.9 Å². The third-order valence-electron chi connectivity index (χ3n) is 2.71. The van der Waals surface area contributed by atoms with Crippen molar-refractivity contribution in [2.75, 3.05) is 0 Å². The number of nitrogens with zero attached hydrogens (tertiary/aromatic N) is 1. The van der Waals surface area contributed by atoms with E-state index in [-0.39, 0.29) is 12.0 Å². The van der Waals surface area contributed by atoms with Gasteiger partial charge in [-0.2, -0.15) is 0 Å². The van der Waals surface area contributed by atoms with E-state index in [1.807, 2.05) is 12.3 Å². The van der Waals surface area contributed by atoms with Crippen LogP contribution in [-0.2, 0) is 6.42 Å². The van der Waals surface area contributed by atoms with Gasteiger partial charge in [-0.05, 0) is 25.5 Å². The Morgan fingerprint density at radius 2 is 2.00 bits per heavy atom. The van der Waals surface area contributed by atoms with Crippen LogP contribution in [0.3, 0.4) is 0 Å². The van der Waals surface area contributed by atoms with Crippen molar-refractivity contribution in [2.45, 2.75) is 26.4 Å². The van der Waals surface area contributed by atoms with Gasteiger partial charge in [-0.1, -0.05) is 0 Å². The van der Waals surface area contributed by atoms with Gasteiger partial charge in [0, 0.05) is 23.4 Å². The number of benzene rings is 1. The highest BCUT2D eigenvalue weighted by molar-refractivity contribution is 7.09. The smallest absolute Gasteiger partial charge is 0.131 e. The normalized spacial score (nSPS) is 12.7. The zero-order valence-corrected chi connectivity index (χ0v) is 10.9. The Morgan fingerprint density at radius 1 is 1.28 bits per heavy atom. The Kier molecular flexibility index (Phi) is 3.73. The monoisotopic (exact) mass is 269 g/mol. The molecule has 0 amide bonds. The molecule has 0 saturated heterocycles. The first-order valence-electron chi connectivity index (χ1n) is 5.52. The van der Waals surface area contributed by atoms with Crippen molar-refractivity contribution in [2.24, 2.45) is 0 Å². The average molecular weight is 269 g/mol. The number of aromatic nitrogens is 1. The van der Waals surface area contributed by atoms with Crippen molar-refractivity contribution >= 4 is 11.3 Å². The van der Waals surface area contributed by atoms with Crippen LogP contribution in [0, 0.1) is 25.5 Å². The second-order valence-electron chi connectivity index (χ2n) is 4.20. The SMILES string of the molecule is Cc1nc(CC(O)c2cc(C)c(F)cc2F)cs1. The van der Waals surface area contributed by atoms with E-state index >= 15 is 0 Å². The number of halogens is 2. The summed E-state index contributed by atoms with van der Waals surface area (Å²) in [5.41, 5.74) is 1.14. The van der Waals surface area contributed by atoms with Crippen LogP contribution >= 0.6 is 11.3 Å². The van der Waals surface area contributed by atoms with Crippen LogP contribution in [0.5, 0.6) is 0 Å². The van der Waals surface area contributed by atoms with Crippen molar-refractivity contribution in [3.63, 3.8) is 0 Å². The molecule has 1 unspecified atom stereocenters. The zero-order valence-electron chi connectivity index (χ0n) is 10.1. The maximum absolute atomic E-state index is 13.6. The topological polar surface area (TPSA) is 33.1 Å². The standard InChI is InChI=1S/C13H13F2NOS/c1-7-3-10(12(15)5-11(7)14)13(17)4-9-6-18-8(2)16-9/h3,5-6,13,17H,4H2,1-2H3. The van der Waals surface area contributed by atoms with Crippen LogP contribution in [-0.4, -0.2) is 10.1 Å². The molecule has 18 heavy (non-hydrogen) atoms. The molecule has 0 fully saturated rings. The quantitative estimate of drug-likeness (QED) is 0.927. The minimum Gasteiger partial charge on any atom is -0.388 e. The van der Waals surface area contributed by atoms with Crippen molar-refractivity contribution in [1.29, 1.82) is 0 Å². The molecule has 0 aliphatic carbocycles. The van der Waals surface area contributed by atoms with Gasteiger partial charge >= 0.3 is 0 Å². The van der Waals surface area contributed by atoms with E-state index in [2.05, 4.69) is 4.98 Å². The molecule has 1 aromatic carbocycles. The number of hydrogen-bond donors (Lipinski definition) is 1. The fraction of sp³-hybridized carbons (Fsp3) is 0.308. The third-order valence-corrected chi connectivity index (χ3v) is 3.53. The molecule has 0 bridgehead atoms. The fourth-order valence-corrected chi connectivity index (χ4v) is 2.37. The third kappa shape index (κ3) is 2.73. The Hall–Kier alpha value is -1.33. The maximum Gasteiger partial charge on any atom is 0.131 e. The second-order valence-corrected chi connectivity index (χ2v) is 5.26. The van der Waals surface area contributed by atoms with Gasteiger partial charge in [0.15, 0.2) is 0 Å². The first-order valence-corrected chi connectivity index (χ1v) is 6.40. The van der Waals surface area contributed by atoms with Crippen molar-refractivity contribution < 1.29 is 13.9 Å². The van der Waals surface area contributed by atoms with Gasteiger partial charge in [-0.15, -0.1) is 11.3 Å². The predicted octanol–water partition coefficient (Wildman–Crippen LogP) is 3.31. The number of rotatable bonds is 3. The van der Waals surface area contributed by atoms with Crippen LogP contribution in [0.4, 0.5) is 8.78 Å². The van der Waals surface area contributed by atoms with E-state index in [4.69, 9.17) is 0 Å². The molecule has 5 heteroatoms. The summed E-state index contributed by atoms with van der Waals surface area (Å²) in [6, 6.07) is 2.15. The maximum atomic E-state index is 13.6. The van der Waals surface area contributed by atoms with Crippen molar-refractivity contribution in [3.8, 4) is 0 Å². The summed E-state index contributed by atoms with van der Waals surface area (Å²) in [7, 11) is 0. The highest BCUT2D eigenvalue weighted by atomic mass is 32.1. The van der Waals surface area contributed by atoms with Crippen molar-refractivity contribution in [3.05, 3.63) is 51.0 Å². The first kappa shape index (κ1) is 13.1. The van der Waals surface area contributed by atoms with Crippen LogP contribution in [0.2, 0.25) is 0 Å². The molecule has 0 radical (unpaired) electrons. The zero-order chi connectivity index (χ0) is 13.3. The molecule has 1 atom stereocenters. The van der Waals surface area contributed by atoms with Gasteiger partial charge in [-0.3, -0.25) is 0 Å². The molecule has 0 aliphatic rings. The molecule has 1 N–H and O–H groups in total. The molecule has 1 aromatic heterocycles. The van der Waals surface area contributed by atoms with Gasteiger partial charge in [0.1, 0.15) is 11.6 Å². The summed E-state index contributed by atoms with van der Waals surface area (Å²) >= 11 is 1.48. The first-order chi connectivity index (χ1) is 8.47. The Morgan fingerprint density at radius 3 is 2.61 bits per heavy atom. The summed E-state index contributed by atoms with van der Waals surface area (Å²) in [6.45, 7) is 3.40. The number of aliphatic hydroxyl groups is 1. The van der Waals surface area contributed by atoms with E-state index in [9.17, 15) is 13.9 Å². The minimum atomic E-state index is -1.01. The average Bonchev–Trinajstić information content (AvgIpc) is 2.69. The summed E-state index contributed by atoms with van der Waals surface area (Å²) in [6.07, 6.45) is -0.780. The molecular weight excluding hydrogens is 256 g/mol. The molecular formula is C13H13F2NOS. The number of hydrogen-bond acceptors (Lipinski definition) is 3. The minimum absolute atomic E-state index is 0.111. The molecule has 0 spiro atoms. The van der Waals surface area contributed by atoms with Crippen LogP contribution < -0.4 is 0 Å².